The van der Waals surface area contributed by atoms with Crippen molar-refractivity contribution in [3.8, 4) is 0 Å². The molecule has 0 aromatic carbocycles. The van der Waals surface area contributed by atoms with Crippen LogP contribution in [0.3, 0.4) is 0 Å². The first kappa shape index (κ1) is 15.2. The summed E-state index contributed by atoms with van der Waals surface area (Å²) in [5, 5.41) is 9.08. The van der Waals surface area contributed by atoms with Crippen molar-refractivity contribution in [1.29, 1.82) is 0 Å². The van der Waals surface area contributed by atoms with E-state index < -0.39 is 29.5 Å². The average Bonchev–Trinajstić information content (AvgIpc) is 2.12. The topological polar surface area (TPSA) is 49.8 Å². The van der Waals surface area contributed by atoms with E-state index in [0.717, 1.165) is 0 Å². The largest absolute Gasteiger partial charge is 0.444 e. The molecule has 1 fully saturated rings. The lowest BCUT2D eigenvalue weighted by Gasteiger charge is -2.47. The second kappa shape index (κ2) is 4.68. The van der Waals surface area contributed by atoms with E-state index in [4.69, 9.17) is 9.84 Å². The number of hydrogen-bond donors (Lipinski definition) is 1. The summed E-state index contributed by atoms with van der Waals surface area (Å²) >= 11 is 0. The number of carbonyl (C=O) groups is 1. The van der Waals surface area contributed by atoms with E-state index in [-0.39, 0.29) is 19.4 Å². The van der Waals surface area contributed by atoms with E-state index in [1.165, 1.54) is 0 Å². The molecule has 0 aromatic heterocycles. The van der Waals surface area contributed by atoms with Crippen molar-refractivity contribution in [2.45, 2.75) is 64.3 Å². The van der Waals surface area contributed by atoms with E-state index in [0.29, 0.717) is 0 Å². The third-order valence-electron chi connectivity index (χ3n) is 3.16. The van der Waals surface area contributed by atoms with Crippen LogP contribution in [-0.4, -0.2) is 46.1 Å². The summed E-state index contributed by atoms with van der Waals surface area (Å²) in [7, 11) is 0. The molecule has 5 heteroatoms. The summed E-state index contributed by atoms with van der Waals surface area (Å²) in [5.74, 6) is 0. The summed E-state index contributed by atoms with van der Waals surface area (Å²) in [6, 6.07) is 0. The summed E-state index contributed by atoms with van der Waals surface area (Å²) in [5.41, 5.74) is -2.81. The van der Waals surface area contributed by atoms with E-state index in [2.05, 4.69) is 0 Å². The van der Waals surface area contributed by atoms with Gasteiger partial charge in [-0.1, -0.05) is 0 Å². The third kappa shape index (κ3) is 3.57. The van der Waals surface area contributed by atoms with Crippen LogP contribution in [0.25, 0.3) is 0 Å². The van der Waals surface area contributed by atoms with Crippen LogP contribution in [0.4, 0.5) is 9.18 Å². The lowest BCUT2D eigenvalue weighted by atomic mass is 9.81. The highest BCUT2D eigenvalue weighted by molar-refractivity contribution is 5.69. The van der Waals surface area contributed by atoms with Crippen LogP contribution < -0.4 is 0 Å². The molecule has 1 N–H and O–H groups in total. The first-order valence-electron chi connectivity index (χ1n) is 6.30. The van der Waals surface area contributed by atoms with Gasteiger partial charge >= 0.3 is 6.09 Å². The van der Waals surface area contributed by atoms with Crippen LogP contribution in [0, 0.1) is 0 Å². The molecule has 1 amide bonds. The van der Waals surface area contributed by atoms with Crippen LogP contribution in [0.5, 0.6) is 0 Å². The Hall–Kier alpha value is -0.840. The number of piperidine rings is 1. The number of ether oxygens (including phenoxy) is 1. The molecular formula is C13H24FNO3. The number of alkyl halides is 1. The van der Waals surface area contributed by atoms with Crippen molar-refractivity contribution in [3.05, 3.63) is 0 Å². The van der Waals surface area contributed by atoms with Crippen LogP contribution in [0.2, 0.25) is 0 Å². The fraction of sp³-hybridized carbons (Fsp3) is 0.923. The van der Waals surface area contributed by atoms with Gasteiger partial charge < -0.3 is 14.7 Å². The third-order valence-corrected chi connectivity index (χ3v) is 3.16. The number of carbonyl (C=O) groups excluding carboxylic acids is 1. The summed E-state index contributed by atoms with van der Waals surface area (Å²) in [6.45, 7) is 8.75. The maximum absolute atomic E-state index is 14.1. The van der Waals surface area contributed by atoms with Gasteiger partial charge in [-0.25, -0.2) is 9.18 Å². The normalized spacial score (nSPS) is 28.1. The lowest BCUT2D eigenvalue weighted by Crippen LogP contribution is -2.58. The Morgan fingerprint density at radius 3 is 2.39 bits per heavy atom. The highest BCUT2D eigenvalue weighted by Gasteiger charge is 2.47. The van der Waals surface area contributed by atoms with Crippen molar-refractivity contribution in [2.75, 3.05) is 13.2 Å². The molecule has 4 nitrogen and oxygen atoms in total. The molecule has 1 aliphatic heterocycles. The number of nitrogens with zero attached hydrogens (tertiary/aromatic N) is 1. The molecule has 0 aliphatic carbocycles. The van der Waals surface area contributed by atoms with E-state index in [9.17, 15) is 9.18 Å². The lowest BCUT2D eigenvalue weighted by molar-refractivity contribution is -0.0602. The minimum atomic E-state index is -1.60. The van der Waals surface area contributed by atoms with Crippen molar-refractivity contribution in [2.24, 2.45) is 0 Å². The molecule has 0 aromatic rings. The molecule has 1 heterocycles. The van der Waals surface area contributed by atoms with Gasteiger partial charge in [0.05, 0.1) is 6.61 Å². The van der Waals surface area contributed by atoms with Gasteiger partial charge in [-0.2, -0.15) is 0 Å². The van der Waals surface area contributed by atoms with E-state index >= 15 is 0 Å². The Kier molecular flexibility index (Phi) is 3.96. The Balaban J connectivity index is 2.78. The Labute approximate surface area is 108 Å². The first-order valence-corrected chi connectivity index (χ1v) is 6.30. The molecule has 0 spiro atoms. The highest BCUT2D eigenvalue weighted by Crippen LogP contribution is 2.37. The molecule has 1 aliphatic rings. The molecular weight excluding hydrogens is 237 g/mol. The zero-order chi connectivity index (χ0) is 14.2. The van der Waals surface area contributed by atoms with Gasteiger partial charge in [-0.15, -0.1) is 0 Å². The zero-order valence-corrected chi connectivity index (χ0v) is 11.9. The average molecular weight is 261 g/mol. The van der Waals surface area contributed by atoms with Gasteiger partial charge in [0.1, 0.15) is 11.3 Å². The van der Waals surface area contributed by atoms with Crippen LogP contribution in [0.1, 0.15) is 47.5 Å². The van der Waals surface area contributed by atoms with Gasteiger partial charge in [-0.3, -0.25) is 0 Å². The molecule has 106 valence electrons. The first-order chi connectivity index (χ1) is 7.99. The van der Waals surface area contributed by atoms with Gasteiger partial charge in [0.15, 0.2) is 0 Å². The number of likely N-dealkylation sites (tertiary alicyclic amines) is 1. The molecule has 1 atom stereocenters. The summed E-state index contributed by atoms with van der Waals surface area (Å²) in [6.07, 6.45) is -0.158. The monoisotopic (exact) mass is 261 g/mol. The van der Waals surface area contributed by atoms with Crippen molar-refractivity contribution in [3.63, 3.8) is 0 Å². The Morgan fingerprint density at radius 2 is 2.00 bits per heavy atom. The molecule has 1 saturated heterocycles. The smallest absolute Gasteiger partial charge is 0.410 e. The van der Waals surface area contributed by atoms with Crippen LogP contribution in [-0.2, 0) is 4.74 Å². The molecule has 0 saturated carbocycles. The maximum Gasteiger partial charge on any atom is 0.410 e. The Bertz CT molecular complexity index is 325. The predicted molar refractivity (Wildman–Crippen MR) is 67.2 cm³/mol. The second-order valence-corrected chi connectivity index (χ2v) is 6.68. The number of amides is 1. The second-order valence-electron chi connectivity index (χ2n) is 6.68. The Morgan fingerprint density at radius 1 is 1.44 bits per heavy atom. The summed E-state index contributed by atoms with van der Waals surface area (Å²) < 4.78 is 19.5. The number of aliphatic hydroxyl groups excluding tert-OH is 1. The minimum absolute atomic E-state index is 0.121. The SMILES string of the molecule is CC(C)(C)OC(=O)N1CCC(F)(CO)CC1(C)C. The van der Waals surface area contributed by atoms with Gasteiger partial charge in [-0.05, 0) is 34.6 Å². The van der Waals surface area contributed by atoms with Crippen LogP contribution >= 0.6 is 0 Å². The number of aliphatic hydroxyl groups is 1. The van der Waals surface area contributed by atoms with Crippen molar-refractivity contribution >= 4 is 6.09 Å². The van der Waals surface area contributed by atoms with Crippen molar-refractivity contribution in [1.82, 2.24) is 4.90 Å². The molecule has 1 unspecified atom stereocenters. The molecule has 18 heavy (non-hydrogen) atoms. The minimum Gasteiger partial charge on any atom is -0.444 e. The van der Waals surface area contributed by atoms with Crippen molar-refractivity contribution < 1.29 is 19.0 Å². The van der Waals surface area contributed by atoms with E-state index in [1.807, 2.05) is 0 Å². The standard InChI is InChI=1S/C13H24FNO3/c1-11(2,3)18-10(17)15-7-6-13(14,9-16)8-12(15,4)5/h16H,6-9H2,1-5H3. The predicted octanol–water partition coefficient (Wildman–Crippen LogP) is 2.50. The quantitative estimate of drug-likeness (QED) is 0.789. The van der Waals surface area contributed by atoms with Gasteiger partial charge in [0.2, 0.25) is 0 Å². The van der Waals surface area contributed by atoms with Gasteiger partial charge in [0.25, 0.3) is 0 Å². The molecule has 0 bridgehead atoms. The fourth-order valence-electron chi connectivity index (χ4n) is 2.36. The van der Waals surface area contributed by atoms with Crippen LogP contribution in [0.15, 0.2) is 0 Å². The number of hydrogen-bond acceptors (Lipinski definition) is 3. The molecule has 1 rings (SSSR count). The number of halogens is 1. The van der Waals surface area contributed by atoms with E-state index in [1.54, 1.807) is 39.5 Å². The number of rotatable bonds is 1. The highest BCUT2D eigenvalue weighted by atomic mass is 19.1. The molecule has 0 radical (unpaired) electrons. The maximum atomic E-state index is 14.1. The fourth-order valence-corrected chi connectivity index (χ4v) is 2.36. The summed E-state index contributed by atoms with van der Waals surface area (Å²) in [4.78, 5) is 13.6. The zero-order valence-electron chi connectivity index (χ0n) is 11.9. The van der Waals surface area contributed by atoms with Gasteiger partial charge in [0, 0.05) is 24.9 Å².